The van der Waals surface area contributed by atoms with Crippen LogP contribution in [0.4, 0.5) is 0 Å². The summed E-state index contributed by atoms with van der Waals surface area (Å²) in [6.45, 7) is 6.07. The van der Waals surface area contributed by atoms with Gasteiger partial charge in [0.2, 0.25) is 0 Å². The number of aliphatic hydroxyl groups is 1. The number of benzene rings is 2. The van der Waals surface area contributed by atoms with Crippen LogP contribution in [0.2, 0.25) is 0 Å². The first-order valence-electron chi connectivity index (χ1n) is 8.60. The van der Waals surface area contributed by atoms with Gasteiger partial charge in [0.05, 0.1) is 11.6 Å². The van der Waals surface area contributed by atoms with E-state index in [1.165, 1.54) is 0 Å². The van der Waals surface area contributed by atoms with E-state index in [9.17, 15) is 5.11 Å². The fourth-order valence-electron chi connectivity index (χ4n) is 3.25. The molecule has 3 nitrogen and oxygen atoms in total. The van der Waals surface area contributed by atoms with E-state index in [0.717, 1.165) is 22.3 Å². The Kier molecular flexibility index (Phi) is 4.63. The predicted molar refractivity (Wildman–Crippen MR) is 103 cm³/mol. The minimum absolute atomic E-state index is 0.411. The van der Waals surface area contributed by atoms with Crippen molar-refractivity contribution in [2.45, 2.75) is 26.4 Å². The standard InChI is InChI=1S/C23H22N2O/c1-22(2,3)23(26,21-5-4-14-25-16-21)20-12-10-19(11-13-20)18-8-6-17(15-24)7-9-18/h4-14,16,26H,1-3H3. The van der Waals surface area contributed by atoms with E-state index in [1.54, 1.807) is 12.4 Å². The van der Waals surface area contributed by atoms with Gasteiger partial charge in [-0.25, -0.2) is 0 Å². The molecule has 0 fully saturated rings. The molecule has 0 saturated heterocycles. The molecule has 0 spiro atoms. The number of aromatic nitrogens is 1. The van der Waals surface area contributed by atoms with E-state index in [0.29, 0.717) is 5.56 Å². The van der Waals surface area contributed by atoms with E-state index in [-0.39, 0.29) is 0 Å². The summed E-state index contributed by atoms with van der Waals surface area (Å²) in [7, 11) is 0. The molecular weight excluding hydrogens is 320 g/mol. The maximum absolute atomic E-state index is 11.6. The van der Waals surface area contributed by atoms with E-state index in [4.69, 9.17) is 5.26 Å². The van der Waals surface area contributed by atoms with E-state index in [1.807, 2.05) is 81.4 Å². The Hall–Kier alpha value is -2.96. The summed E-state index contributed by atoms with van der Waals surface area (Å²) >= 11 is 0. The number of hydrogen-bond acceptors (Lipinski definition) is 3. The average Bonchev–Trinajstić information content (AvgIpc) is 2.67. The van der Waals surface area contributed by atoms with Crippen LogP contribution in [0.1, 0.15) is 37.5 Å². The van der Waals surface area contributed by atoms with Crippen LogP contribution in [-0.2, 0) is 5.60 Å². The highest BCUT2D eigenvalue weighted by molar-refractivity contribution is 5.65. The highest BCUT2D eigenvalue weighted by Crippen LogP contribution is 2.44. The Labute approximate surface area is 154 Å². The van der Waals surface area contributed by atoms with Crippen LogP contribution in [-0.4, -0.2) is 10.1 Å². The number of hydrogen-bond donors (Lipinski definition) is 1. The second-order valence-electron chi connectivity index (χ2n) is 7.47. The van der Waals surface area contributed by atoms with Crippen LogP contribution in [0, 0.1) is 16.7 Å². The Morgan fingerprint density at radius 1 is 0.846 bits per heavy atom. The molecule has 130 valence electrons. The summed E-state index contributed by atoms with van der Waals surface area (Å²) in [5.74, 6) is 0. The van der Waals surface area contributed by atoms with Crippen LogP contribution < -0.4 is 0 Å². The molecule has 26 heavy (non-hydrogen) atoms. The quantitative estimate of drug-likeness (QED) is 0.736. The summed E-state index contributed by atoms with van der Waals surface area (Å²) in [6.07, 6.45) is 3.43. The van der Waals surface area contributed by atoms with Crippen molar-refractivity contribution in [2.24, 2.45) is 5.41 Å². The number of rotatable bonds is 3. The maximum Gasteiger partial charge on any atom is 0.121 e. The van der Waals surface area contributed by atoms with Crippen molar-refractivity contribution in [3.05, 3.63) is 89.7 Å². The van der Waals surface area contributed by atoms with Gasteiger partial charge in [-0.05, 0) is 40.3 Å². The third-order valence-electron chi connectivity index (χ3n) is 4.81. The van der Waals surface area contributed by atoms with Gasteiger partial charge in [0.25, 0.3) is 0 Å². The molecule has 0 aliphatic carbocycles. The van der Waals surface area contributed by atoms with Crippen LogP contribution in [0.25, 0.3) is 11.1 Å². The Morgan fingerprint density at radius 3 is 1.88 bits per heavy atom. The molecule has 0 radical (unpaired) electrons. The zero-order valence-electron chi connectivity index (χ0n) is 15.3. The topological polar surface area (TPSA) is 56.9 Å². The monoisotopic (exact) mass is 342 g/mol. The molecule has 1 unspecified atom stereocenters. The summed E-state index contributed by atoms with van der Waals surface area (Å²) < 4.78 is 0. The zero-order chi connectivity index (χ0) is 18.8. The highest BCUT2D eigenvalue weighted by Gasteiger charge is 2.43. The molecule has 0 saturated carbocycles. The molecule has 1 heterocycles. The first kappa shape index (κ1) is 17.8. The van der Waals surface area contributed by atoms with Crippen molar-refractivity contribution in [1.29, 1.82) is 5.26 Å². The Bertz CT molecular complexity index is 917. The van der Waals surface area contributed by atoms with E-state index >= 15 is 0 Å². The highest BCUT2D eigenvalue weighted by atomic mass is 16.3. The smallest absolute Gasteiger partial charge is 0.121 e. The van der Waals surface area contributed by atoms with Gasteiger partial charge in [-0.3, -0.25) is 4.98 Å². The van der Waals surface area contributed by atoms with Crippen molar-refractivity contribution >= 4 is 0 Å². The van der Waals surface area contributed by atoms with Gasteiger partial charge in [-0.15, -0.1) is 0 Å². The first-order valence-corrected chi connectivity index (χ1v) is 8.60. The second kappa shape index (κ2) is 6.74. The van der Waals surface area contributed by atoms with Gasteiger partial charge in [0.1, 0.15) is 5.60 Å². The van der Waals surface area contributed by atoms with E-state index < -0.39 is 11.0 Å². The minimum atomic E-state index is -1.15. The van der Waals surface area contributed by atoms with Gasteiger partial charge in [-0.2, -0.15) is 5.26 Å². The second-order valence-corrected chi connectivity index (χ2v) is 7.47. The van der Waals surface area contributed by atoms with Gasteiger partial charge in [0.15, 0.2) is 0 Å². The van der Waals surface area contributed by atoms with Crippen LogP contribution in [0.3, 0.4) is 0 Å². The number of nitrogens with zero attached hydrogens (tertiary/aromatic N) is 2. The van der Waals surface area contributed by atoms with Crippen LogP contribution >= 0.6 is 0 Å². The van der Waals surface area contributed by atoms with Crippen molar-refractivity contribution in [2.75, 3.05) is 0 Å². The fourth-order valence-corrected chi connectivity index (χ4v) is 3.25. The molecular formula is C23H22N2O. The largest absolute Gasteiger partial charge is 0.380 e. The Morgan fingerprint density at radius 2 is 1.42 bits per heavy atom. The fraction of sp³-hybridized carbons (Fsp3) is 0.217. The molecule has 0 amide bonds. The lowest BCUT2D eigenvalue weighted by atomic mass is 9.68. The lowest BCUT2D eigenvalue weighted by Gasteiger charge is -2.41. The normalized spacial score (nSPS) is 13.7. The summed E-state index contributed by atoms with van der Waals surface area (Å²) in [5, 5.41) is 20.6. The summed E-state index contributed by atoms with van der Waals surface area (Å²) in [5.41, 5.74) is 2.77. The summed E-state index contributed by atoms with van der Waals surface area (Å²) in [4.78, 5) is 4.18. The van der Waals surface area contributed by atoms with Crippen LogP contribution in [0.5, 0.6) is 0 Å². The molecule has 0 aliphatic rings. The third kappa shape index (κ3) is 3.12. The van der Waals surface area contributed by atoms with Crippen molar-refractivity contribution in [3.8, 4) is 17.2 Å². The first-order chi connectivity index (χ1) is 12.4. The van der Waals surface area contributed by atoms with Crippen molar-refractivity contribution < 1.29 is 5.11 Å². The van der Waals surface area contributed by atoms with Crippen LogP contribution in [0.15, 0.2) is 73.1 Å². The molecule has 2 aromatic carbocycles. The molecule has 3 aromatic rings. The van der Waals surface area contributed by atoms with Crippen molar-refractivity contribution in [1.82, 2.24) is 4.98 Å². The third-order valence-corrected chi connectivity index (χ3v) is 4.81. The predicted octanol–water partition coefficient (Wildman–Crippen LogP) is 4.90. The summed E-state index contributed by atoms with van der Waals surface area (Å²) in [6, 6.07) is 21.3. The average molecular weight is 342 g/mol. The molecule has 1 aromatic heterocycles. The van der Waals surface area contributed by atoms with Gasteiger partial charge in [-0.1, -0.05) is 63.2 Å². The molecule has 1 N–H and O–H groups in total. The number of nitriles is 1. The van der Waals surface area contributed by atoms with Crippen molar-refractivity contribution in [3.63, 3.8) is 0 Å². The minimum Gasteiger partial charge on any atom is -0.380 e. The lowest BCUT2D eigenvalue weighted by Crippen LogP contribution is -2.41. The Balaban J connectivity index is 2.03. The van der Waals surface area contributed by atoms with E-state index in [2.05, 4.69) is 11.1 Å². The zero-order valence-corrected chi connectivity index (χ0v) is 15.3. The molecule has 3 heteroatoms. The SMILES string of the molecule is CC(C)(C)C(O)(c1ccc(-c2ccc(C#N)cc2)cc1)c1cccnc1. The molecule has 0 aliphatic heterocycles. The lowest BCUT2D eigenvalue weighted by molar-refractivity contribution is -0.0261. The molecule has 3 rings (SSSR count). The number of pyridine rings is 1. The molecule has 1 atom stereocenters. The molecule has 0 bridgehead atoms. The van der Waals surface area contributed by atoms with Gasteiger partial charge >= 0.3 is 0 Å². The van der Waals surface area contributed by atoms with Gasteiger partial charge in [0, 0.05) is 18.0 Å². The van der Waals surface area contributed by atoms with Gasteiger partial charge < -0.3 is 5.11 Å². The maximum atomic E-state index is 11.6.